The van der Waals surface area contributed by atoms with Gasteiger partial charge in [0.15, 0.2) is 0 Å². The third-order valence-electron chi connectivity index (χ3n) is 4.91. The maximum absolute atomic E-state index is 12.7. The second-order valence-corrected chi connectivity index (χ2v) is 10.2. The molecule has 0 aliphatic carbocycles. The largest absolute Gasteiger partial charge is 0.339 e. The fraction of sp³-hybridized carbons (Fsp3) is 0.174. The summed E-state index contributed by atoms with van der Waals surface area (Å²) in [6.07, 6.45) is 1.39. The molecule has 3 aromatic carbocycles. The number of hydrogen-bond acceptors (Lipinski definition) is 5. The summed E-state index contributed by atoms with van der Waals surface area (Å²) in [5, 5.41) is 2.88. The highest BCUT2D eigenvalue weighted by Crippen LogP contribution is 2.47. The van der Waals surface area contributed by atoms with E-state index in [1.54, 1.807) is 30.0 Å². The molecule has 1 heterocycles. The summed E-state index contributed by atoms with van der Waals surface area (Å²) in [6, 6.07) is 21.5. The lowest BCUT2D eigenvalue weighted by molar-refractivity contribution is -0.116. The minimum Gasteiger partial charge on any atom is -0.339 e. The second kappa shape index (κ2) is 8.64. The van der Waals surface area contributed by atoms with E-state index in [2.05, 4.69) is 39.2 Å². The summed E-state index contributed by atoms with van der Waals surface area (Å²) in [5.74, 6) is -0.137. The molecule has 8 heteroatoms. The van der Waals surface area contributed by atoms with Crippen LogP contribution in [0.15, 0.2) is 76.5 Å². The van der Waals surface area contributed by atoms with Gasteiger partial charge in [-0.25, -0.2) is 8.42 Å². The van der Waals surface area contributed by atoms with Gasteiger partial charge in [0.05, 0.1) is 23.3 Å². The van der Waals surface area contributed by atoms with Crippen molar-refractivity contribution in [2.24, 2.45) is 0 Å². The number of amides is 1. The lowest BCUT2D eigenvalue weighted by atomic mass is 10.2. The summed E-state index contributed by atoms with van der Waals surface area (Å²) < 4.78 is 25.6. The number of nitrogens with one attached hydrogen (secondary N) is 2. The third kappa shape index (κ3) is 5.03. The number of benzene rings is 3. The van der Waals surface area contributed by atoms with Crippen molar-refractivity contribution in [3.05, 3.63) is 72.3 Å². The van der Waals surface area contributed by atoms with Crippen molar-refractivity contribution in [1.29, 1.82) is 0 Å². The molecule has 1 aliphatic heterocycles. The highest BCUT2D eigenvalue weighted by Gasteiger charge is 2.23. The van der Waals surface area contributed by atoms with Gasteiger partial charge < -0.3 is 10.2 Å². The first-order chi connectivity index (χ1) is 14.8. The second-order valence-electron chi connectivity index (χ2n) is 7.39. The van der Waals surface area contributed by atoms with Crippen LogP contribution in [-0.4, -0.2) is 27.1 Å². The molecule has 1 amide bonds. The van der Waals surface area contributed by atoms with Gasteiger partial charge in [0, 0.05) is 28.4 Å². The molecular weight excluding hydrogens is 430 g/mol. The zero-order valence-electron chi connectivity index (χ0n) is 17.3. The number of sulfonamides is 1. The van der Waals surface area contributed by atoms with Crippen LogP contribution < -0.4 is 14.9 Å². The van der Waals surface area contributed by atoms with Crippen molar-refractivity contribution in [3.63, 3.8) is 0 Å². The van der Waals surface area contributed by atoms with Gasteiger partial charge in [-0.1, -0.05) is 42.1 Å². The van der Waals surface area contributed by atoms with E-state index >= 15 is 0 Å². The van der Waals surface area contributed by atoms with Gasteiger partial charge in [-0.3, -0.25) is 9.52 Å². The number of fused-ring (bicyclic) bond motifs is 2. The monoisotopic (exact) mass is 453 g/mol. The van der Waals surface area contributed by atoms with Gasteiger partial charge >= 0.3 is 0 Å². The van der Waals surface area contributed by atoms with E-state index in [1.165, 1.54) is 0 Å². The van der Waals surface area contributed by atoms with Crippen molar-refractivity contribution in [1.82, 2.24) is 0 Å². The molecule has 2 N–H and O–H groups in total. The quantitative estimate of drug-likeness (QED) is 0.549. The molecule has 1 aliphatic rings. The van der Waals surface area contributed by atoms with Crippen molar-refractivity contribution in [2.45, 2.75) is 23.1 Å². The molecule has 0 atom stereocenters. The number of aryl methyl sites for hydroxylation is 1. The smallest absolute Gasteiger partial charge is 0.229 e. The molecule has 0 unspecified atom stereocenters. The summed E-state index contributed by atoms with van der Waals surface area (Å²) in [6.45, 7) is 2.34. The Bertz CT molecular complexity index is 1200. The molecule has 0 bridgehead atoms. The first-order valence-electron chi connectivity index (χ1n) is 9.82. The van der Waals surface area contributed by atoms with Gasteiger partial charge in [0.1, 0.15) is 0 Å². The van der Waals surface area contributed by atoms with E-state index in [0.29, 0.717) is 17.9 Å². The molecule has 0 fully saturated rings. The SMILES string of the molecule is Cc1ccc(NC(=O)CCN2c3ccccc3Sc3ccccc32)cc1NS(C)(=O)=O. The fourth-order valence-corrected chi connectivity index (χ4v) is 5.18. The Hall–Kier alpha value is -2.97. The van der Waals surface area contributed by atoms with E-state index in [1.807, 2.05) is 31.2 Å². The summed E-state index contributed by atoms with van der Waals surface area (Å²) in [7, 11) is -3.40. The molecule has 31 heavy (non-hydrogen) atoms. The van der Waals surface area contributed by atoms with Crippen LogP contribution in [0.5, 0.6) is 0 Å². The fourth-order valence-electron chi connectivity index (χ4n) is 3.47. The van der Waals surface area contributed by atoms with Gasteiger partial charge in [0.2, 0.25) is 15.9 Å². The number of carbonyl (C=O) groups is 1. The summed E-state index contributed by atoms with van der Waals surface area (Å²) in [4.78, 5) is 17.2. The van der Waals surface area contributed by atoms with E-state index in [4.69, 9.17) is 0 Å². The number of anilines is 4. The van der Waals surface area contributed by atoms with Crippen LogP contribution in [0.25, 0.3) is 0 Å². The number of carbonyl (C=O) groups excluding carboxylic acids is 1. The van der Waals surface area contributed by atoms with Crippen LogP contribution >= 0.6 is 11.8 Å². The Morgan fingerprint density at radius 1 is 0.968 bits per heavy atom. The van der Waals surface area contributed by atoms with E-state index < -0.39 is 10.0 Å². The predicted octanol–water partition coefficient (Wildman–Crippen LogP) is 5.00. The average Bonchev–Trinajstić information content (AvgIpc) is 2.72. The molecule has 6 nitrogen and oxygen atoms in total. The van der Waals surface area contributed by atoms with Crippen LogP contribution in [0.1, 0.15) is 12.0 Å². The predicted molar refractivity (Wildman–Crippen MR) is 127 cm³/mol. The Morgan fingerprint density at radius 3 is 2.19 bits per heavy atom. The molecule has 160 valence electrons. The van der Waals surface area contributed by atoms with Crippen molar-refractivity contribution in [3.8, 4) is 0 Å². The molecular formula is C23H23N3O3S2. The standard InChI is InChI=1S/C23H23N3O3S2/c1-16-11-12-17(15-18(16)25-31(2,28)29)24-23(27)13-14-26-19-7-3-5-9-21(19)30-22-10-6-4-8-20(22)26/h3-12,15,25H,13-14H2,1-2H3,(H,24,27). The van der Waals surface area contributed by atoms with Crippen LogP contribution in [0.4, 0.5) is 22.7 Å². The van der Waals surface area contributed by atoms with Crippen LogP contribution in [-0.2, 0) is 14.8 Å². The topological polar surface area (TPSA) is 78.5 Å². The Balaban J connectivity index is 1.48. The van der Waals surface area contributed by atoms with Crippen molar-refractivity contribution >= 4 is 50.4 Å². The molecule has 0 saturated heterocycles. The number of nitrogens with zero attached hydrogens (tertiary/aromatic N) is 1. The normalized spacial score (nSPS) is 12.6. The van der Waals surface area contributed by atoms with Gasteiger partial charge in [0.25, 0.3) is 0 Å². The zero-order valence-corrected chi connectivity index (χ0v) is 18.9. The Morgan fingerprint density at radius 2 is 1.58 bits per heavy atom. The molecule has 0 aromatic heterocycles. The van der Waals surface area contributed by atoms with Crippen molar-refractivity contribution < 1.29 is 13.2 Å². The number of rotatable bonds is 6. The minimum absolute atomic E-state index is 0.137. The number of para-hydroxylation sites is 2. The summed E-state index contributed by atoms with van der Waals surface area (Å²) in [5.41, 5.74) is 3.97. The molecule has 0 radical (unpaired) electrons. The highest BCUT2D eigenvalue weighted by molar-refractivity contribution is 7.99. The van der Waals surface area contributed by atoms with E-state index in [9.17, 15) is 13.2 Å². The molecule has 4 rings (SSSR count). The van der Waals surface area contributed by atoms with Gasteiger partial charge in [-0.05, 0) is 48.9 Å². The van der Waals surface area contributed by atoms with Crippen LogP contribution in [0, 0.1) is 6.92 Å². The first-order valence-corrected chi connectivity index (χ1v) is 12.5. The lowest BCUT2D eigenvalue weighted by Crippen LogP contribution is -2.26. The average molecular weight is 454 g/mol. The zero-order chi connectivity index (χ0) is 22.0. The van der Waals surface area contributed by atoms with Crippen molar-refractivity contribution in [2.75, 3.05) is 27.7 Å². The van der Waals surface area contributed by atoms with Crippen LogP contribution in [0.2, 0.25) is 0 Å². The summed E-state index contributed by atoms with van der Waals surface area (Å²) >= 11 is 1.73. The molecule has 0 spiro atoms. The Labute approximate surface area is 186 Å². The lowest BCUT2D eigenvalue weighted by Gasteiger charge is -2.32. The van der Waals surface area contributed by atoms with E-state index in [0.717, 1.165) is 33.0 Å². The maximum Gasteiger partial charge on any atom is 0.229 e. The third-order valence-corrected chi connectivity index (χ3v) is 6.63. The number of hydrogen-bond donors (Lipinski definition) is 2. The molecule has 3 aromatic rings. The first kappa shape index (κ1) is 21.3. The van der Waals surface area contributed by atoms with Crippen LogP contribution in [0.3, 0.4) is 0 Å². The van der Waals surface area contributed by atoms with Gasteiger partial charge in [-0.15, -0.1) is 0 Å². The minimum atomic E-state index is -3.40. The van der Waals surface area contributed by atoms with E-state index in [-0.39, 0.29) is 12.3 Å². The Kier molecular flexibility index (Phi) is 5.93. The maximum atomic E-state index is 12.7. The molecule has 0 saturated carbocycles. The van der Waals surface area contributed by atoms with Gasteiger partial charge in [-0.2, -0.15) is 0 Å². The highest BCUT2D eigenvalue weighted by atomic mass is 32.2.